The average Bonchev–Trinajstić information content (AvgIpc) is 3.04. The normalized spacial score (nSPS) is 35.7. The third-order valence-corrected chi connectivity index (χ3v) is 4.51. The van der Waals surface area contributed by atoms with Crippen LogP contribution in [0.4, 0.5) is 0 Å². The van der Waals surface area contributed by atoms with E-state index in [9.17, 15) is 9.90 Å². The van der Waals surface area contributed by atoms with Gasteiger partial charge in [-0.25, -0.2) is 0 Å². The van der Waals surface area contributed by atoms with Crippen LogP contribution in [0.2, 0.25) is 0 Å². The number of amides is 1. The van der Waals surface area contributed by atoms with Crippen molar-refractivity contribution in [3.8, 4) is 0 Å². The molecule has 0 aromatic carbocycles. The van der Waals surface area contributed by atoms with Crippen molar-refractivity contribution < 1.29 is 14.6 Å². The van der Waals surface area contributed by atoms with Gasteiger partial charge in [0.25, 0.3) is 0 Å². The first-order valence-electron chi connectivity index (χ1n) is 7.57. The molecular formula is C14H24N2O3. The summed E-state index contributed by atoms with van der Waals surface area (Å²) in [6.45, 7) is 0.973. The van der Waals surface area contributed by atoms with Gasteiger partial charge >= 0.3 is 0 Å². The van der Waals surface area contributed by atoms with E-state index in [1.165, 1.54) is 25.7 Å². The number of aliphatic hydroxyl groups excluding tert-OH is 1. The van der Waals surface area contributed by atoms with Crippen LogP contribution in [0.5, 0.6) is 0 Å². The number of aliphatic hydroxyl groups is 1. The highest BCUT2D eigenvalue weighted by Crippen LogP contribution is 2.29. The second kappa shape index (κ2) is 5.77. The van der Waals surface area contributed by atoms with Crippen molar-refractivity contribution in [2.45, 2.75) is 62.8 Å². The highest BCUT2D eigenvalue weighted by molar-refractivity contribution is 5.80. The molecule has 3 rings (SSSR count). The lowest BCUT2D eigenvalue weighted by Crippen LogP contribution is -2.47. The zero-order valence-electron chi connectivity index (χ0n) is 11.3. The van der Waals surface area contributed by atoms with Crippen LogP contribution in [0, 0.1) is 5.92 Å². The molecule has 3 aliphatic rings. The van der Waals surface area contributed by atoms with Gasteiger partial charge in [0.05, 0.1) is 18.8 Å². The molecule has 1 heterocycles. The number of nitrogens with one attached hydrogen (secondary N) is 2. The summed E-state index contributed by atoms with van der Waals surface area (Å²) in [5, 5.41) is 16.6. The number of carbonyl (C=O) groups excluding carboxylic acids is 1. The molecule has 5 nitrogen and oxygen atoms in total. The lowest BCUT2D eigenvalue weighted by molar-refractivity contribution is -0.123. The van der Waals surface area contributed by atoms with Gasteiger partial charge in [-0.05, 0) is 25.7 Å². The van der Waals surface area contributed by atoms with Crippen LogP contribution in [0.15, 0.2) is 0 Å². The Labute approximate surface area is 114 Å². The Bertz CT molecular complexity index is 327. The molecule has 0 aromatic rings. The van der Waals surface area contributed by atoms with Gasteiger partial charge in [-0.1, -0.05) is 12.8 Å². The molecule has 0 spiro atoms. The Kier molecular flexibility index (Phi) is 4.05. The van der Waals surface area contributed by atoms with E-state index in [2.05, 4.69) is 10.6 Å². The molecule has 0 bridgehead atoms. The van der Waals surface area contributed by atoms with Crippen molar-refractivity contribution >= 4 is 5.91 Å². The number of hydrogen-bond acceptors (Lipinski definition) is 4. The van der Waals surface area contributed by atoms with E-state index in [1.54, 1.807) is 0 Å². The van der Waals surface area contributed by atoms with Crippen molar-refractivity contribution in [3.63, 3.8) is 0 Å². The van der Waals surface area contributed by atoms with Crippen LogP contribution in [0.25, 0.3) is 0 Å². The molecule has 108 valence electrons. The van der Waals surface area contributed by atoms with Crippen LogP contribution in [-0.4, -0.2) is 48.5 Å². The van der Waals surface area contributed by atoms with Gasteiger partial charge in [0.15, 0.2) is 0 Å². The standard InChI is InChI=1S/C14H24N2O3/c17-13-11(16-10-3-1-2-4-10)8-19-12(13)7-15-14(18)9-5-6-9/h9-13,16-17H,1-8H2,(H,15,18). The first-order chi connectivity index (χ1) is 9.24. The van der Waals surface area contributed by atoms with E-state index in [-0.39, 0.29) is 24.0 Å². The van der Waals surface area contributed by atoms with Gasteiger partial charge in [-0.2, -0.15) is 0 Å². The molecule has 1 aliphatic heterocycles. The van der Waals surface area contributed by atoms with Crippen molar-refractivity contribution in [1.82, 2.24) is 10.6 Å². The minimum absolute atomic E-state index is 0.0194. The predicted octanol–water partition coefficient (Wildman–Crippen LogP) is 0.173. The average molecular weight is 268 g/mol. The quantitative estimate of drug-likeness (QED) is 0.665. The third kappa shape index (κ3) is 3.27. The van der Waals surface area contributed by atoms with Gasteiger partial charge in [0.1, 0.15) is 6.10 Å². The molecule has 2 aliphatic carbocycles. The van der Waals surface area contributed by atoms with Gasteiger partial charge in [-0.3, -0.25) is 4.79 Å². The number of hydrogen-bond donors (Lipinski definition) is 3. The maximum absolute atomic E-state index is 11.6. The number of rotatable bonds is 5. The largest absolute Gasteiger partial charge is 0.389 e. The zero-order chi connectivity index (χ0) is 13.2. The van der Waals surface area contributed by atoms with E-state index in [0.717, 1.165) is 12.8 Å². The highest BCUT2D eigenvalue weighted by atomic mass is 16.5. The molecule has 3 fully saturated rings. The summed E-state index contributed by atoms with van der Waals surface area (Å²) in [5.41, 5.74) is 0. The van der Waals surface area contributed by atoms with Crippen molar-refractivity contribution in [3.05, 3.63) is 0 Å². The summed E-state index contributed by atoms with van der Waals surface area (Å²) >= 11 is 0. The molecule has 5 heteroatoms. The van der Waals surface area contributed by atoms with E-state index in [0.29, 0.717) is 19.2 Å². The molecule has 0 aromatic heterocycles. The fourth-order valence-electron chi connectivity index (χ4n) is 3.10. The maximum atomic E-state index is 11.6. The molecule has 2 saturated carbocycles. The van der Waals surface area contributed by atoms with Crippen LogP contribution in [0.1, 0.15) is 38.5 Å². The summed E-state index contributed by atoms with van der Waals surface area (Å²) in [5.74, 6) is 0.328. The summed E-state index contributed by atoms with van der Waals surface area (Å²) in [6, 6.07) is 0.550. The second-order valence-corrected chi connectivity index (χ2v) is 6.14. The number of ether oxygens (including phenoxy) is 1. The highest BCUT2D eigenvalue weighted by Gasteiger charge is 2.38. The van der Waals surface area contributed by atoms with E-state index < -0.39 is 6.10 Å². The Balaban J connectivity index is 1.41. The fraction of sp³-hybridized carbons (Fsp3) is 0.929. The topological polar surface area (TPSA) is 70.6 Å². The van der Waals surface area contributed by atoms with Crippen LogP contribution < -0.4 is 10.6 Å². The SMILES string of the molecule is O=C(NCC1OCC(NC2CCCC2)C1O)C1CC1. The Hall–Kier alpha value is -0.650. The van der Waals surface area contributed by atoms with Gasteiger partial charge in [0, 0.05) is 18.5 Å². The summed E-state index contributed by atoms with van der Waals surface area (Å²) in [7, 11) is 0. The molecule has 1 saturated heterocycles. The summed E-state index contributed by atoms with van der Waals surface area (Å²) < 4.78 is 5.61. The smallest absolute Gasteiger partial charge is 0.223 e. The predicted molar refractivity (Wildman–Crippen MR) is 70.7 cm³/mol. The van der Waals surface area contributed by atoms with E-state index in [4.69, 9.17) is 4.74 Å². The van der Waals surface area contributed by atoms with Crippen LogP contribution in [-0.2, 0) is 9.53 Å². The van der Waals surface area contributed by atoms with Gasteiger partial charge in [-0.15, -0.1) is 0 Å². The first-order valence-corrected chi connectivity index (χ1v) is 7.57. The van der Waals surface area contributed by atoms with Gasteiger partial charge < -0.3 is 20.5 Å². The van der Waals surface area contributed by atoms with Crippen LogP contribution in [0.3, 0.4) is 0 Å². The Morgan fingerprint density at radius 1 is 1.21 bits per heavy atom. The van der Waals surface area contributed by atoms with E-state index >= 15 is 0 Å². The van der Waals surface area contributed by atoms with Crippen molar-refractivity contribution in [2.24, 2.45) is 5.92 Å². The van der Waals surface area contributed by atoms with E-state index in [1.807, 2.05) is 0 Å². The molecule has 3 atom stereocenters. The summed E-state index contributed by atoms with van der Waals surface area (Å²) in [4.78, 5) is 11.6. The van der Waals surface area contributed by atoms with Crippen molar-refractivity contribution in [1.29, 1.82) is 0 Å². The Morgan fingerprint density at radius 3 is 2.63 bits per heavy atom. The third-order valence-electron chi connectivity index (χ3n) is 4.51. The number of carbonyl (C=O) groups is 1. The fourth-order valence-corrected chi connectivity index (χ4v) is 3.10. The first kappa shape index (κ1) is 13.3. The molecule has 3 N–H and O–H groups in total. The monoisotopic (exact) mass is 268 g/mol. The zero-order valence-corrected chi connectivity index (χ0v) is 11.3. The van der Waals surface area contributed by atoms with Gasteiger partial charge in [0.2, 0.25) is 5.91 Å². The van der Waals surface area contributed by atoms with Crippen LogP contribution >= 0.6 is 0 Å². The van der Waals surface area contributed by atoms with Crippen molar-refractivity contribution in [2.75, 3.05) is 13.2 Å². The maximum Gasteiger partial charge on any atom is 0.223 e. The minimum Gasteiger partial charge on any atom is -0.389 e. The molecular weight excluding hydrogens is 244 g/mol. The molecule has 1 amide bonds. The lowest BCUT2D eigenvalue weighted by atomic mass is 10.1. The Morgan fingerprint density at radius 2 is 1.95 bits per heavy atom. The molecule has 0 radical (unpaired) electrons. The lowest BCUT2D eigenvalue weighted by Gasteiger charge is -2.22. The minimum atomic E-state index is -0.514. The molecule has 19 heavy (non-hydrogen) atoms. The summed E-state index contributed by atoms with van der Waals surface area (Å²) in [6.07, 6.45) is 6.20. The second-order valence-electron chi connectivity index (χ2n) is 6.14. The molecule has 3 unspecified atom stereocenters.